The molecule has 0 aliphatic carbocycles. The number of carbonyl (C=O) groups excluding carboxylic acids is 2. The van der Waals surface area contributed by atoms with Gasteiger partial charge in [-0.1, -0.05) is 13.8 Å². The molecule has 1 fully saturated rings. The molecule has 3 rings (SSSR count). The SMILES string of the molecule is CC(C)(COP(=O)(OC[C@H]1O[C@@H](n2cnc3c(N)ncnc32)[C@H](O)[C@@H]1OP(=O)(O)O)OP(=O)(O)O)[C@@H](O)C(=O)NCCC(=O)NCCS. The molecular weight excluding hydrogens is 731 g/mol. The Morgan fingerprint density at radius 3 is 2.42 bits per heavy atom. The highest BCUT2D eigenvalue weighted by molar-refractivity contribution is 7.80. The average molecular weight is 768 g/mol. The Morgan fingerprint density at radius 1 is 1.10 bits per heavy atom. The third kappa shape index (κ3) is 11.2. The molecule has 6 atom stereocenters. The molecule has 48 heavy (non-hydrogen) atoms. The van der Waals surface area contributed by atoms with Crippen LogP contribution in [0.5, 0.6) is 0 Å². The van der Waals surface area contributed by atoms with Gasteiger partial charge in [-0.3, -0.25) is 27.7 Å². The maximum absolute atomic E-state index is 13.4. The van der Waals surface area contributed by atoms with Crippen LogP contribution in [0.25, 0.3) is 11.2 Å². The number of phosphoric acid groups is 3. The summed E-state index contributed by atoms with van der Waals surface area (Å²) in [5.74, 6) is -0.992. The molecule has 2 aromatic heterocycles. The Kier molecular flexibility index (Phi) is 13.7. The fourth-order valence-corrected chi connectivity index (χ4v) is 7.17. The van der Waals surface area contributed by atoms with E-state index in [4.69, 9.17) is 19.5 Å². The molecule has 1 aliphatic rings. The number of amides is 2. The van der Waals surface area contributed by atoms with E-state index in [1.807, 2.05) is 0 Å². The summed E-state index contributed by atoms with van der Waals surface area (Å²) in [6.07, 6.45) is -6.86. The van der Waals surface area contributed by atoms with Crippen molar-refractivity contribution in [3.63, 3.8) is 0 Å². The van der Waals surface area contributed by atoms with E-state index in [2.05, 4.69) is 47.0 Å². The number of nitrogens with zero attached hydrogens (tertiary/aromatic N) is 4. The molecule has 1 unspecified atom stereocenters. The third-order valence-corrected chi connectivity index (χ3v) is 9.80. The molecule has 0 saturated carbocycles. The number of nitrogens with one attached hydrogen (secondary N) is 2. The maximum Gasteiger partial charge on any atom is 0.483 e. The number of thiol groups is 1. The molecule has 3 heterocycles. The van der Waals surface area contributed by atoms with E-state index >= 15 is 0 Å². The summed E-state index contributed by atoms with van der Waals surface area (Å²) in [5.41, 5.74) is 4.26. The van der Waals surface area contributed by atoms with Gasteiger partial charge in [0.2, 0.25) is 11.8 Å². The monoisotopic (exact) mass is 767 g/mol. The number of phosphoric ester groups is 2. The molecule has 1 saturated heterocycles. The number of rotatable bonds is 18. The molecule has 0 bridgehead atoms. The van der Waals surface area contributed by atoms with Crippen LogP contribution in [0.15, 0.2) is 12.7 Å². The Hall–Kier alpha value is -2.11. The van der Waals surface area contributed by atoms with Crippen LogP contribution in [0.3, 0.4) is 0 Å². The molecular formula is C21H36N7O16P3S. The van der Waals surface area contributed by atoms with Gasteiger partial charge < -0.3 is 50.9 Å². The van der Waals surface area contributed by atoms with Gasteiger partial charge in [0, 0.05) is 30.7 Å². The molecule has 23 nitrogen and oxygen atoms in total. The second kappa shape index (κ2) is 16.3. The quantitative estimate of drug-likeness (QED) is 0.0599. The minimum absolute atomic E-state index is 0.0310. The lowest BCUT2D eigenvalue weighted by molar-refractivity contribution is -0.137. The van der Waals surface area contributed by atoms with Crippen LogP contribution in [-0.4, -0.2) is 118 Å². The van der Waals surface area contributed by atoms with Crippen molar-refractivity contribution in [2.45, 2.75) is 50.9 Å². The van der Waals surface area contributed by atoms with Gasteiger partial charge in [0.15, 0.2) is 17.7 Å². The average Bonchev–Trinajstić information content (AvgIpc) is 3.53. The van der Waals surface area contributed by atoms with Crippen LogP contribution in [0, 0.1) is 5.41 Å². The van der Waals surface area contributed by atoms with Gasteiger partial charge in [-0.25, -0.2) is 28.6 Å². The first-order valence-electron chi connectivity index (χ1n) is 13.7. The van der Waals surface area contributed by atoms with E-state index in [1.165, 1.54) is 13.8 Å². The van der Waals surface area contributed by atoms with Gasteiger partial charge in [-0.05, 0) is 0 Å². The van der Waals surface area contributed by atoms with Crippen LogP contribution in [-0.2, 0) is 45.9 Å². The number of anilines is 1. The third-order valence-electron chi connectivity index (χ3n) is 6.50. The van der Waals surface area contributed by atoms with E-state index in [1.54, 1.807) is 0 Å². The molecule has 0 aromatic carbocycles. The maximum atomic E-state index is 13.4. The van der Waals surface area contributed by atoms with Gasteiger partial charge in [0.05, 0.1) is 19.5 Å². The summed E-state index contributed by atoms with van der Waals surface area (Å²) >= 11 is 3.96. The standard InChI is InChI=1S/C21H36N7O16P3S/c1-21(2,16(31)19(32)24-4-3-12(29)23-5-6-48)8-41-47(39,44-46(36,37)38)40-7-11-15(43-45(33,34)35)14(30)20(42-11)28-10-27-13-17(22)25-9-26-18(13)28/h9-11,14-16,20,30-31,48H,3-8H2,1-2H3,(H,23,29)(H,24,32)(H2,22,25,26)(H2,33,34,35)(H2,36,37,38)/t11-,14-,15-,16+,20-,47?/m1/s1. The number of imidazole rings is 1. The first-order chi connectivity index (χ1) is 22.2. The summed E-state index contributed by atoms with van der Waals surface area (Å²) in [6.45, 7) is 0.695. The number of aliphatic hydroxyl groups is 2. The van der Waals surface area contributed by atoms with E-state index in [0.29, 0.717) is 12.3 Å². The number of carbonyl (C=O) groups is 2. The van der Waals surface area contributed by atoms with E-state index in [-0.39, 0.29) is 35.9 Å². The largest absolute Gasteiger partial charge is 0.483 e. The van der Waals surface area contributed by atoms with Gasteiger partial charge in [-0.15, -0.1) is 0 Å². The van der Waals surface area contributed by atoms with Crippen LogP contribution in [0.4, 0.5) is 5.82 Å². The number of aliphatic hydroxyl groups excluding tert-OH is 2. The van der Waals surface area contributed by atoms with Crippen molar-refractivity contribution < 1.29 is 75.7 Å². The first kappa shape index (κ1) is 40.3. The minimum Gasteiger partial charge on any atom is -0.386 e. The van der Waals surface area contributed by atoms with Gasteiger partial charge in [0.1, 0.15) is 36.3 Å². The smallest absolute Gasteiger partial charge is 0.386 e. The van der Waals surface area contributed by atoms with Crippen molar-refractivity contribution in [3.05, 3.63) is 12.7 Å². The molecule has 10 N–H and O–H groups in total. The van der Waals surface area contributed by atoms with Crippen molar-refractivity contribution >= 4 is 64.9 Å². The molecule has 27 heteroatoms. The molecule has 2 amide bonds. The number of hydrogen-bond acceptors (Lipinski definition) is 17. The molecule has 2 aromatic rings. The zero-order chi connectivity index (χ0) is 36.1. The van der Waals surface area contributed by atoms with Gasteiger partial charge in [-0.2, -0.15) is 16.9 Å². The molecule has 1 aliphatic heterocycles. The van der Waals surface area contributed by atoms with Crippen LogP contribution in [0.1, 0.15) is 26.5 Å². The lowest BCUT2D eigenvalue weighted by Gasteiger charge is -2.31. The van der Waals surface area contributed by atoms with Crippen molar-refractivity contribution in [3.8, 4) is 0 Å². The highest BCUT2D eigenvalue weighted by Crippen LogP contribution is 2.62. The molecule has 0 radical (unpaired) electrons. The second-order valence-electron chi connectivity index (χ2n) is 10.8. The summed E-state index contributed by atoms with van der Waals surface area (Å²) in [5, 5.41) is 26.4. The van der Waals surface area contributed by atoms with Crippen molar-refractivity contribution in [1.29, 1.82) is 0 Å². The summed E-state index contributed by atoms with van der Waals surface area (Å²) < 4.78 is 62.7. The highest BCUT2D eigenvalue weighted by atomic mass is 32.1. The fourth-order valence-electron chi connectivity index (χ4n) is 4.17. The number of hydrogen-bond donors (Lipinski definition) is 10. The number of aromatic nitrogens is 4. The zero-order valence-electron chi connectivity index (χ0n) is 25.2. The summed E-state index contributed by atoms with van der Waals surface area (Å²) in [7, 11) is -16.3. The van der Waals surface area contributed by atoms with E-state index in [0.717, 1.165) is 17.2 Å². The molecule has 272 valence electrons. The highest BCUT2D eigenvalue weighted by Gasteiger charge is 2.50. The van der Waals surface area contributed by atoms with Crippen LogP contribution < -0.4 is 16.4 Å². The number of nitrogen functional groups attached to an aromatic ring is 1. The number of ether oxygens (including phenoxy) is 1. The lowest BCUT2D eigenvalue weighted by atomic mass is 9.87. The van der Waals surface area contributed by atoms with E-state index in [9.17, 15) is 53.1 Å². The van der Waals surface area contributed by atoms with Crippen LogP contribution in [0.2, 0.25) is 0 Å². The van der Waals surface area contributed by atoms with Crippen molar-refractivity contribution in [2.75, 3.05) is 37.8 Å². The Morgan fingerprint density at radius 2 is 1.79 bits per heavy atom. The second-order valence-corrected chi connectivity index (χ2v) is 15.5. The molecule has 0 spiro atoms. The van der Waals surface area contributed by atoms with Gasteiger partial charge >= 0.3 is 23.5 Å². The minimum atomic E-state index is -5.63. The lowest BCUT2D eigenvalue weighted by Crippen LogP contribution is -2.46. The Labute approximate surface area is 277 Å². The first-order valence-corrected chi connectivity index (χ1v) is 18.8. The van der Waals surface area contributed by atoms with Crippen molar-refractivity contribution in [1.82, 2.24) is 30.2 Å². The number of nitrogens with two attached hydrogens (primary N) is 1. The normalized spacial score (nSPS) is 22.4. The van der Waals surface area contributed by atoms with Gasteiger partial charge in [0.25, 0.3) is 0 Å². The Balaban J connectivity index is 1.75. The summed E-state index contributed by atoms with van der Waals surface area (Å²) in [4.78, 5) is 73.6. The fraction of sp³-hybridized carbons (Fsp3) is 0.667. The zero-order valence-corrected chi connectivity index (χ0v) is 28.8. The predicted octanol–water partition coefficient (Wildman–Crippen LogP) is -1.67. The Bertz CT molecular complexity index is 1590. The number of fused-ring (bicyclic) bond motifs is 1. The van der Waals surface area contributed by atoms with E-state index < -0.39 is 78.6 Å². The topological polar surface area (TPSA) is 347 Å². The van der Waals surface area contributed by atoms with Crippen LogP contribution >= 0.6 is 36.1 Å². The van der Waals surface area contributed by atoms with Crippen molar-refractivity contribution in [2.24, 2.45) is 5.41 Å². The predicted molar refractivity (Wildman–Crippen MR) is 163 cm³/mol. The summed E-state index contributed by atoms with van der Waals surface area (Å²) in [6, 6.07) is 0.